The average molecular weight is 403 g/mol. The molecule has 0 radical (unpaired) electrons. The number of para-hydroxylation sites is 1. The highest BCUT2D eigenvalue weighted by Gasteiger charge is 2.22. The van der Waals surface area contributed by atoms with Crippen molar-refractivity contribution in [2.75, 3.05) is 27.2 Å². The Morgan fingerprint density at radius 1 is 1.33 bits per heavy atom. The van der Waals surface area contributed by atoms with E-state index in [2.05, 4.69) is 23.3 Å². The van der Waals surface area contributed by atoms with Crippen molar-refractivity contribution in [3.8, 4) is 5.75 Å². The molecule has 0 aromatic heterocycles. The Bertz CT molecular complexity index is 459. The number of hydrogen-bond acceptors (Lipinski definition) is 2. The number of halogens is 1. The lowest BCUT2D eigenvalue weighted by Crippen LogP contribution is -2.36. The zero-order valence-corrected chi connectivity index (χ0v) is 15.5. The molecule has 1 N–H and O–H groups in total. The summed E-state index contributed by atoms with van der Waals surface area (Å²) in [7, 11) is 3.99. The third kappa shape index (κ3) is 6.11. The Morgan fingerprint density at radius 2 is 2.05 bits per heavy atom. The molecule has 1 aromatic carbocycles. The molecule has 5 heteroatoms. The van der Waals surface area contributed by atoms with Crippen LogP contribution in [0.3, 0.4) is 0 Å². The van der Waals surface area contributed by atoms with Crippen molar-refractivity contribution in [2.45, 2.75) is 26.3 Å². The van der Waals surface area contributed by atoms with Gasteiger partial charge in [-0.15, -0.1) is 24.0 Å². The summed E-state index contributed by atoms with van der Waals surface area (Å²) in [6, 6.07) is 8.19. The Hall–Kier alpha value is -0.980. The van der Waals surface area contributed by atoms with E-state index in [1.807, 2.05) is 37.2 Å². The minimum absolute atomic E-state index is 0. The minimum atomic E-state index is 0. The molecule has 118 valence electrons. The van der Waals surface area contributed by atoms with Crippen LogP contribution in [0.4, 0.5) is 0 Å². The zero-order chi connectivity index (χ0) is 14.4. The van der Waals surface area contributed by atoms with E-state index in [1.54, 1.807) is 0 Å². The lowest BCUT2D eigenvalue weighted by Gasteiger charge is -2.17. The largest absolute Gasteiger partial charge is 0.493 e. The molecule has 0 aliphatic heterocycles. The van der Waals surface area contributed by atoms with E-state index in [-0.39, 0.29) is 24.0 Å². The van der Waals surface area contributed by atoms with Crippen molar-refractivity contribution >= 4 is 29.9 Å². The second-order valence-corrected chi connectivity index (χ2v) is 5.43. The maximum atomic E-state index is 5.91. The molecule has 1 aliphatic rings. The van der Waals surface area contributed by atoms with E-state index in [9.17, 15) is 0 Å². The van der Waals surface area contributed by atoms with Gasteiger partial charge in [0.05, 0.1) is 13.2 Å². The van der Waals surface area contributed by atoms with E-state index >= 15 is 0 Å². The van der Waals surface area contributed by atoms with Crippen LogP contribution in [0, 0.1) is 5.92 Å². The molecular formula is C16H26IN3O. The van der Waals surface area contributed by atoms with Crippen molar-refractivity contribution in [1.29, 1.82) is 0 Å². The summed E-state index contributed by atoms with van der Waals surface area (Å²) >= 11 is 0. The lowest BCUT2D eigenvalue weighted by atomic mass is 10.2. The van der Waals surface area contributed by atoms with Crippen molar-refractivity contribution in [2.24, 2.45) is 10.9 Å². The first-order valence-corrected chi connectivity index (χ1v) is 7.37. The van der Waals surface area contributed by atoms with Crippen LogP contribution in [0.15, 0.2) is 29.3 Å². The van der Waals surface area contributed by atoms with E-state index in [4.69, 9.17) is 4.74 Å². The van der Waals surface area contributed by atoms with Crippen LogP contribution in [0.2, 0.25) is 0 Å². The van der Waals surface area contributed by atoms with Gasteiger partial charge < -0.3 is 15.0 Å². The zero-order valence-electron chi connectivity index (χ0n) is 13.1. The van der Waals surface area contributed by atoms with Gasteiger partial charge in [0.1, 0.15) is 5.75 Å². The summed E-state index contributed by atoms with van der Waals surface area (Å²) in [6.07, 6.45) is 2.62. The topological polar surface area (TPSA) is 36.9 Å². The number of guanidine groups is 1. The van der Waals surface area contributed by atoms with Crippen LogP contribution in [0.5, 0.6) is 5.75 Å². The van der Waals surface area contributed by atoms with Gasteiger partial charge in [0.15, 0.2) is 5.96 Å². The van der Waals surface area contributed by atoms with Gasteiger partial charge in [-0.3, -0.25) is 0 Å². The van der Waals surface area contributed by atoms with E-state index in [1.165, 1.54) is 12.8 Å². The first kappa shape index (κ1) is 18.1. The maximum Gasteiger partial charge on any atom is 0.193 e. The highest BCUT2D eigenvalue weighted by Crippen LogP contribution is 2.30. The summed E-state index contributed by atoms with van der Waals surface area (Å²) in [4.78, 5) is 6.64. The van der Waals surface area contributed by atoms with Gasteiger partial charge in [0.2, 0.25) is 0 Å². The summed E-state index contributed by atoms with van der Waals surface area (Å²) in [5.74, 6) is 2.65. The Balaban J connectivity index is 0.00000220. The third-order valence-electron chi connectivity index (χ3n) is 3.30. The van der Waals surface area contributed by atoms with Crippen LogP contribution >= 0.6 is 24.0 Å². The van der Waals surface area contributed by atoms with Crippen LogP contribution in [0.1, 0.15) is 25.3 Å². The molecule has 0 unspecified atom stereocenters. The Kier molecular flexibility index (Phi) is 7.85. The number of nitrogens with zero attached hydrogens (tertiary/aromatic N) is 2. The minimum Gasteiger partial charge on any atom is -0.493 e. The molecule has 0 spiro atoms. The summed E-state index contributed by atoms with van der Waals surface area (Å²) < 4.78 is 5.91. The monoisotopic (exact) mass is 403 g/mol. The van der Waals surface area contributed by atoms with Gasteiger partial charge in [-0.2, -0.15) is 0 Å². The normalized spacial score (nSPS) is 14.3. The van der Waals surface area contributed by atoms with Crippen molar-refractivity contribution < 1.29 is 4.74 Å². The smallest absolute Gasteiger partial charge is 0.193 e. The van der Waals surface area contributed by atoms with Crippen LogP contribution in [0.25, 0.3) is 0 Å². The number of ether oxygens (including phenoxy) is 1. The predicted molar refractivity (Wildman–Crippen MR) is 98.6 cm³/mol. The molecule has 1 aliphatic carbocycles. The maximum absolute atomic E-state index is 5.91. The fourth-order valence-corrected chi connectivity index (χ4v) is 1.94. The molecule has 1 saturated carbocycles. The van der Waals surface area contributed by atoms with Gasteiger partial charge in [-0.25, -0.2) is 4.99 Å². The standard InChI is InChI=1S/C16H25N3O.HI/c1-4-17-16(19(2)3)18-11-14-7-5-6-8-15(14)20-12-13-9-10-13;/h5-8,13H,4,9-12H2,1-3H3,(H,17,18);1H. The van der Waals surface area contributed by atoms with Gasteiger partial charge in [0.25, 0.3) is 0 Å². The number of benzene rings is 1. The molecule has 0 saturated heterocycles. The van der Waals surface area contributed by atoms with Gasteiger partial charge in [-0.05, 0) is 31.7 Å². The third-order valence-corrected chi connectivity index (χ3v) is 3.30. The van der Waals surface area contributed by atoms with Crippen LogP contribution in [-0.4, -0.2) is 38.1 Å². The Morgan fingerprint density at radius 3 is 2.67 bits per heavy atom. The van der Waals surface area contributed by atoms with Crippen molar-refractivity contribution in [3.63, 3.8) is 0 Å². The van der Waals surface area contributed by atoms with E-state index in [0.717, 1.165) is 36.3 Å². The Labute approximate surface area is 145 Å². The lowest BCUT2D eigenvalue weighted by molar-refractivity contribution is 0.297. The number of nitrogens with one attached hydrogen (secondary N) is 1. The SMILES string of the molecule is CCNC(=NCc1ccccc1OCC1CC1)N(C)C.I. The second kappa shape index (κ2) is 9.12. The molecule has 1 aromatic rings. The van der Waals surface area contributed by atoms with Crippen molar-refractivity contribution in [1.82, 2.24) is 10.2 Å². The van der Waals surface area contributed by atoms with Crippen LogP contribution < -0.4 is 10.1 Å². The number of aliphatic imine (C=N–C) groups is 1. The molecule has 2 rings (SSSR count). The van der Waals surface area contributed by atoms with Crippen molar-refractivity contribution in [3.05, 3.63) is 29.8 Å². The summed E-state index contributed by atoms with van der Waals surface area (Å²) in [5, 5.41) is 3.27. The predicted octanol–water partition coefficient (Wildman–Crippen LogP) is 3.12. The average Bonchev–Trinajstić information content (AvgIpc) is 3.26. The molecular weight excluding hydrogens is 377 g/mol. The first-order valence-electron chi connectivity index (χ1n) is 7.37. The summed E-state index contributed by atoms with van der Waals surface area (Å²) in [5.41, 5.74) is 1.14. The van der Waals surface area contributed by atoms with Crippen LogP contribution in [-0.2, 0) is 6.54 Å². The molecule has 0 bridgehead atoms. The second-order valence-electron chi connectivity index (χ2n) is 5.43. The molecule has 1 fully saturated rings. The van der Waals surface area contributed by atoms with Gasteiger partial charge in [0, 0.05) is 26.2 Å². The molecule has 0 atom stereocenters. The number of rotatable bonds is 6. The van der Waals surface area contributed by atoms with Gasteiger partial charge >= 0.3 is 0 Å². The molecule has 0 amide bonds. The highest BCUT2D eigenvalue weighted by molar-refractivity contribution is 14.0. The molecule has 21 heavy (non-hydrogen) atoms. The summed E-state index contributed by atoms with van der Waals surface area (Å²) in [6.45, 7) is 4.43. The fraction of sp³-hybridized carbons (Fsp3) is 0.562. The van der Waals surface area contributed by atoms with Gasteiger partial charge in [-0.1, -0.05) is 18.2 Å². The first-order chi connectivity index (χ1) is 9.70. The molecule has 4 nitrogen and oxygen atoms in total. The quantitative estimate of drug-likeness (QED) is 0.451. The van der Waals surface area contributed by atoms with E-state index < -0.39 is 0 Å². The molecule has 0 heterocycles. The fourth-order valence-electron chi connectivity index (χ4n) is 1.94. The number of hydrogen-bond donors (Lipinski definition) is 1. The highest BCUT2D eigenvalue weighted by atomic mass is 127. The van der Waals surface area contributed by atoms with E-state index in [0.29, 0.717) is 6.54 Å².